The number of likely N-dealkylation sites (tertiary alicyclic amines) is 1. The lowest BCUT2D eigenvalue weighted by Gasteiger charge is -2.24. The van der Waals surface area contributed by atoms with Gasteiger partial charge < -0.3 is 25.0 Å². The number of ether oxygens (including phenoxy) is 1. The van der Waals surface area contributed by atoms with Crippen LogP contribution in [-0.4, -0.2) is 55.4 Å². The number of hydrogen-bond acceptors (Lipinski definition) is 6. The highest BCUT2D eigenvalue weighted by atomic mass is 79.9. The van der Waals surface area contributed by atoms with Gasteiger partial charge in [-0.25, -0.2) is 14.8 Å². The van der Waals surface area contributed by atoms with Gasteiger partial charge in [0.25, 0.3) is 0 Å². The lowest BCUT2D eigenvalue weighted by atomic mass is 10.1. The molecular weight excluding hydrogens is 390 g/mol. The average Bonchev–Trinajstić information content (AvgIpc) is 3.00. The first-order valence-electron chi connectivity index (χ1n) is 8.06. The van der Waals surface area contributed by atoms with Crippen molar-refractivity contribution in [2.75, 3.05) is 18.8 Å². The van der Waals surface area contributed by atoms with Crippen LogP contribution in [0.2, 0.25) is 0 Å². The molecule has 2 atom stereocenters. The summed E-state index contributed by atoms with van der Waals surface area (Å²) in [4.78, 5) is 22.0. The monoisotopic (exact) mass is 411 g/mol. The summed E-state index contributed by atoms with van der Waals surface area (Å²) in [6.07, 6.45) is 2.26. The summed E-state index contributed by atoms with van der Waals surface area (Å²) in [5.41, 5.74) is 6.05. The minimum atomic E-state index is -0.622. The largest absolute Gasteiger partial charge is 0.444 e. The fourth-order valence-corrected chi connectivity index (χ4v) is 3.63. The third-order valence-electron chi connectivity index (χ3n) is 4.13. The van der Waals surface area contributed by atoms with Crippen LogP contribution in [0.15, 0.2) is 17.0 Å². The number of aliphatic hydroxyl groups is 1. The fourth-order valence-electron chi connectivity index (χ4n) is 3.00. The smallest absolute Gasteiger partial charge is 0.410 e. The highest BCUT2D eigenvalue weighted by molar-refractivity contribution is 9.10. The number of amides is 1. The van der Waals surface area contributed by atoms with Crippen LogP contribution in [0.1, 0.15) is 20.8 Å². The normalized spacial score (nSPS) is 21.1. The fraction of sp³-hybridized carbons (Fsp3) is 0.562. The number of nitrogens with two attached hydrogens (primary N) is 1. The van der Waals surface area contributed by atoms with Crippen molar-refractivity contribution in [3.63, 3.8) is 0 Å². The quantitative estimate of drug-likeness (QED) is 0.782. The summed E-state index contributed by atoms with van der Waals surface area (Å²) >= 11 is 3.47. The second-order valence-electron chi connectivity index (χ2n) is 7.30. The maximum atomic E-state index is 12.2. The van der Waals surface area contributed by atoms with Gasteiger partial charge in [-0.3, -0.25) is 0 Å². The second-order valence-corrected chi connectivity index (χ2v) is 8.15. The Morgan fingerprint density at radius 3 is 2.84 bits per heavy atom. The number of anilines is 1. The summed E-state index contributed by atoms with van der Waals surface area (Å²) in [7, 11) is 0. The Morgan fingerprint density at radius 2 is 2.16 bits per heavy atom. The number of nitrogen functional groups attached to an aromatic ring is 1. The third kappa shape index (κ3) is 3.72. The van der Waals surface area contributed by atoms with Crippen molar-refractivity contribution in [1.29, 1.82) is 0 Å². The molecule has 3 heterocycles. The first kappa shape index (κ1) is 17.9. The first-order valence-corrected chi connectivity index (χ1v) is 8.86. The van der Waals surface area contributed by atoms with Crippen molar-refractivity contribution in [3.8, 4) is 0 Å². The van der Waals surface area contributed by atoms with Crippen molar-refractivity contribution in [1.82, 2.24) is 19.4 Å². The molecule has 0 aliphatic carbocycles. The van der Waals surface area contributed by atoms with Gasteiger partial charge in [-0.15, -0.1) is 0 Å². The molecule has 2 aromatic heterocycles. The van der Waals surface area contributed by atoms with Gasteiger partial charge in [0.1, 0.15) is 23.4 Å². The van der Waals surface area contributed by atoms with Crippen molar-refractivity contribution >= 4 is 38.9 Å². The van der Waals surface area contributed by atoms with Gasteiger partial charge in [-0.2, -0.15) is 0 Å². The number of fused-ring (bicyclic) bond motifs is 1. The number of nitrogens with zero attached hydrogens (tertiary/aromatic N) is 4. The Kier molecular flexibility index (Phi) is 4.63. The van der Waals surface area contributed by atoms with E-state index in [0.29, 0.717) is 24.6 Å². The molecule has 0 bridgehead atoms. The molecule has 1 fully saturated rings. The van der Waals surface area contributed by atoms with Gasteiger partial charge >= 0.3 is 6.09 Å². The number of rotatable bonds is 2. The molecule has 9 heteroatoms. The Morgan fingerprint density at radius 1 is 1.44 bits per heavy atom. The molecule has 0 saturated carbocycles. The van der Waals surface area contributed by atoms with E-state index in [4.69, 9.17) is 10.5 Å². The molecule has 3 rings (SSSR count). The van der Waals surface area contributed by atoms with E-state index < -0.39 is 17.8 Å². The van der Waals surface area contributed by atoms with Crippen molar-refractivity contribution in [3.05, 3.63) is 17.0 Å². The maximum absolute atomic E-state index is 12.2. The van der Waals surface area contributed by atoms with Crippen molar-refractivity contribution in [2.24, 2.45) is 5.92 Å². The standard InChI is InChI=1S/C16H22BrN5O3/c1-16(2,3)25-15(24)22-5-9(11(23)7-22)4-21-6-10(17)12-13(18)19-8-20-14(12)21/h6,8-9,11,23H,4-5,7H2,1-3H3,(H2,18,19,20)/t9-,11+/m1/s1. The minimum Gasteiger partial charge on any atom is -0.444 e. The second kappa shape index (κ2) is 6.45. The number of aliphatic hydroxyl groups excluding tert-OH is 1. The number of carbonyl (C=O) groups is 1. The molecule has 2 aromatic rings. The number of hydrogen-bond donors (Lipinski definition) is 2. The van der Waals surface area contributed by atoms with Gasteiger partial charge in [-0.05, 0) is 36.7 Å². The van der Waals surface area contributed by atoms with Gasteiger partial charge in [-0.1, -0.05) is 0 Å². The summed E-state index contributed by atoms with van der Waals surface area (Å²) < 4.78 is 8.11. The van der Waals surface area contributed by atoms with Crippen molar-refractivity contribution in [2.45, 2.75) is 39.0 Å². The van der Waals surface area contributed by atoms with E-state index in [-0.39, 0.29) is 12.5 Å². The lowest BCUT2D eigenvalue weighted by Crippen LogP contribution is -2.35. The molecule has 0 radical (unpaired) electrons. The molecule has 0 unspecified atom stereocenters. The zero-order chi connectivity index (χ0) is 18.4. The highest BCUT2D eigenvalue weighted by Gasteiger charge is 2.36. The van der Waals surface area contributed by atoms with Crippen LogP contribution in [0.3, 0.4) is 0 Å². The molecule has 1 aliphatic rings. The third-order valence-corrected chi connectivity index (χ3v) is 4.73. The van der Waals surface area contributed by atoms with Crippen LogP contribution in [-0.2, 0) is 11.3 Å². The summed E-state index contributed by atoms with van der Waals surface area (Å²) in [6.45, 7) is 6.66. The van der Waals surface area contributed by atoms with E-state index in [1.165, 1.54) is 6.33 Å². The number of β-amino-alcohol motifs (C(OH)–C–C–N with tert-alkyl or cyclic N) is 1. The first-order chi connectivity index (χ1) is 11.7. The Labute approximate surface area is 154 Å². The van der Waals surface area contributed by atoms with E-state index >= 15 is 0 Å². The molecule has 1 aliphatic heterocycles. The van der Waals surface area contributed by atoms with Crippen molar-refractivity contribution < 1.29 is 14.6 Å². The van der Waals surface area contributed by atoms with Gasteiger partial charge in [0, 0.05) is 29.7 Å². The lowest BCUT2D eigenvalue weighted by molar-refractivity contribution is 0.0269. The van der Waals surface area contributed by atoms with Crippen LogP contribution in [0.25, 0.3) is 11.0 Å². The van der Waals surface area contributed by atoms with Gasteiger partial charge in [0.05, 0.1) is 18.0 Å². The predicted octanol–water partition coefficient (Wildman–Crippen LogP) is 2.00. The van der Waals surface area contributed by atoms with E-state index in [2.05, 4.69) is 25.9 Å². The zero-order valence-electron chi connectivity index (χ0n) is 14.4. The van der Waals surface area contributed by atoms with Crippen LogP contribution in [0.5, 0.6) is 0 Å². The Hall–Kier alpha value is -1.87. The predicted molar refractivity (Wildman–Crippen MR) is 96.9 cm³/mol. The molecular formula is C16H22BrN5O3. The SMILES string of the molecule is CC(C)(C)OC(=O)N1C[C@@H](Cn2cc(Br)c3c(N)ncnc32)[C@@H](O)C1. The Bertz CT molecular complexity index is 801. The van der Waals surface area contributed by atoms with Crippen LogP contribution < -0.4 is 5.73 Å². The molecule has 8 nitrogen and oxygen atoms in total. The molecule has 0 spiro atoms. The number of halogens is 1. The number of aromatic nitrogens is 3. The molecule has 1 saturated heterocycles. The molecule has 25 heavy (non-hydrogen) atoms. The van der Waals surface area contributed by atoms with E-state index in [1.807, 2.05) is 31.5 Å². The molecule has 3 N–H and O–H groups in total. The topological polar surface area (TPSA) is 106 Å². The van der Waals surface area contributed by atoms with E-state index in [1.54, 1.807) is 4.90 Å². The summed E-state index contributed by atoms with van der Waals surface area (Å²) in [5.74, 6) is 0.282. The summed E-state index contributed by atoms with van der Waals surface area (Å²) in [5, 5.41) is 11.1. The van der Waals surface area contributed by atoms with E-state index in [9.17, 15) is 9.90 Å². The van der Waals surface area contributed by atoms with E-state index in [0.717, 1.165) is 9.86 Å². The Balaban J connectivity index is 1.76. The maximum Gasteiger partial charge on any atom is 0.410 e. The van der Waals surface area contributed by atoms with Crippen LogP contribution in [0.4, 0.5) is 10.6 Å². The summed E-state index contributed by atoms with van der Waals surface area (Å²) in [6, 6.07) is 0. The van der Waals surface area contributed by atoms with Crippen LogP contribution >= 0.6 is 15.9 Å². The zero-order valence-corrected chi connectivity index (χ0v) is 16.0. The average molecular weight is 412 g/mol. The minimum absolute atomic E-state index is 0.119. The van der Waals surface area contributed by atoms with Gasteiger partial charge in [0.2, 0.25) is 0 Å². The molecule has 136 valence electrons. The van der Waals surface area contributed by atoms with Crippen LogP contribution in [0, 0.1) is 5.92 Å². The highest BCUT2D eigenvalue weighted by Crippen LogP contribution is 2.30. The molecule has 0 aromatic carbocycles. The molecule has 1 amide bonds. The van der Waals surface area contributed by atoms with Gasteiger partial charge in [0.15, 0.2) is 0 Å². The number of carbonyl (C=O) groups excluding carboxylic acids is 1.